The van der Waals surface area contributed by atoms with Crippen LogP contribution in [0.2, 0.25) is 0 Å². The van der Waals surface area contributed by atoms with Crippen molar-refractivity contribution in [1.82, 2.24) is 10.2 Å². The van der Waals surface area contributed by atoms with Crippen molar-refractivity contribution in [3.63, 3.8) is 0 Å². The second kappa shape index (κ2) is 9.05. The van der Waals surface area contributed by atoms with Crippen molar-refractivity contribution in [3.8, 4) is 5.75 Å². The number of carbonyl (C=O) groups excluding carboxylic acids is 1. The van der Waals surface area contributed by atoms with Crippen LogP contribution in [0.1, 0.15) is 54.2 Å². The first-order valence-electron chi connectivity index (χ1n) is 9.82. The summed E-state index contributed by atoms with van der Waals surface area (Å²) in [5.41, 5.74) is 2.93. The number of likely N-dealkylation sites (tertiary alicyclic amines) is 1. The van der Waals surface area contributed by atoms with Crippen molar-refractivity contribution in [2.75, 3.05) is 20.2 Å². The van der Waals surface area contributed by atoms with Crippen LogP contribution in [0.4, 0.5) is 0 Å². The van der Waals surface area contributed by atoms with Crippen molar-refractivity contribution < 1.29 is 9.53 Å². The summed E-state index contributed by atoms with van der Waals surface area (Å²) in [6.45, 7) is 7.60. The van der Waals surface area contributed by atoms with E-state index in [9.17, 15) is 4.79 Å². The summed E-state index contributed by atoms with van der Waals surface area (Å²) in [5.74, 6) is 1.57. The van der Waals surface area contributed by atoms with Crippen molar-refractivity contribution in [1.29, 1.82) is 0 Å². The van der Waals surface area contributed by atoms with E-state index in [1.165, 1.54) is 31.5 Å². The zero-order valence-corrected chi connectivity index (χ0v) is 16.6. The Kier molecular flexibility index (Phi) is 6.51. The molecule has 0 bridgehead atoms. The number of rotatable bonds is 6. The molecule has 1 atom stereocenters. The molecule has 0 radical (unpaired) electrons. The maximum Gasteiger partial charge on any atom is 0.251 e. The van der Waals surface area contributed by atoms with Crippen LogP contribution in [0.25, 0.3) is 0 Å². The third kappa shape index (κ3) is 5.10. The molecule has 4 heteroatoms. The van der Waals surface area contributed by atoms with Gasteiger partial charge in [-0.25, -0.2) is 0 Å². The van der Waals surface area contributed by atoms with Crippen LogP contribution in [0.5, 0.6) is 5.75 Å². The van der Waals surface area contributed by atoms with Crippen LogP contribution in [-0.4, -0.2) is 31.0 Å². The van der Waals surface area contributed by atoms with Gasteiger partial charge in [0.15, 0.2) is 0 Å². The monoisotopic (exact) mass is 366 g/mol. The highest BCUT2D eigenvalue weighted by Gasteiger charge is 2.17. The van der Waals surface area contributed by atoms with Crippen LogP contribution in [0, 0.1) is 5.92 Å². The predicted molar refractivity (Wildman–Crippen MR) is 109 cm³/mol. The number of methoxy groups -OCH3 is 1. The summed E-state index contributed by atoms with van der Waals surface area (Å²) < 4.78 is 5.39. The number of ether oxygens (including phenoxy) is 1. The van der Waals surface area contributed by atoms with Crippen molar-refractivity contribution in [2.45, 2.75) is 39.3 Å². The first-order chi connectivity index (χ1) is 13.1. The fourth-order valence-electron chi connectivity index (χ4n) is 3.62. The number of nitrogens with one attached hydrogen (secondary N) is 1. The summed E-state index contributed by atoms with van der Waals surface area (Å²) in [4.78, 5) is 15.1. The molecule has 1 heterocycles. The SMILES string of the molecule is COc1ccccc1C(C)NC(=O)c1ccc(CN2CCC(C)CC2)cc1. The fraction of sp³-hybridized carbons (Fsp3) is 0.435. The minimum Gasteiger partial charge on any atom is -0.496 e. The lowest BCUT2D eigenvalue weighted by Crippen LogP contribution is -2.32. The minimum atomic E-state index is -0.122. The molecule has 4 nitrogen and oxygen atoms in total. The molecule has 0 spiro atoms. The number of piperidine rings is 1. The van der Waals surface area contributed by atoms with Crippen molar-refractivity contribution in [2.24, 2.45) is 5.92 Å². The molecule has 0 aromatic heterocycles. The largest absolute Gasteiger partial charge is 0.496 e. The molecule has 144 valence electrons. The summed E-state index contributed by atoms with van der Waals surface area (Å²) in [7, 11) is 1.65. The maximum absolute atomic E-state index is 12.6. The van der Waals surface area contributed by atoms with Crippen LogP contribution < -0.4 is 10.1 Å². The van der Waals surface area contributed by atoms with Crippen molar-refractivity contribution in [3.05, 3.63) is 65.2 Å². The van der Waals surface area contributed by atoms with Gasteiger partial charge < -0.3 is 10.1 Å². The van der Waals surface area contributed by atoms with Gasteiger partial charge in [-0.2, -0.15) is 0 Å². The number of para-hydroxylation sites is 1. The lowest BCUT2D eigenvalue weighted by atomic mass is 9.99. The van der Waals surface area contributed by atoms with E-state index in [1.807, 2.05) is 43.3 Å². The number of carbonyl (C=O) groups is 1. The molecule has 0 aliphatic carbocycles. The Morgan fingerprint density at radius 1 is 1.15 bits per heavy atom. The maximum atomic E-state index is 12.6. The number of benzene rings is 2. The minimum absolute atomic E-state index is 0.0632. The Labute approximate surface area is 162 Å². The summed E-state index contributed by atoms with van der Waals surface area (Å²) in [6, 6.07) is 15.6. The molecule has 1 N–H and O–H groups in total. The van der Waals surface area contributed by atoms with E-state index in [-0.39, 0.29) is 11.9 Å². The zero-order valence-electron chi connectivity index (χ0n) is 16.6. The van der Waals surface area contributed by atoms with Crippen molar-refractivity contribution >= 4 is 5.91 Å². The van der Waals surface area contributed by atoms with Crippen LogP contribution in [0.15, 0.2) is 48.5 Å². The standard InChI is InChI=1S/C23H30N2O2/c1-17-12-14-25(15-13-17)16-19-8-10-20(11-9-19)23(26)24-18(2)21-6-4-5-7-22(21)27-3/h4-11,17-18H,12-16H2,1-3H3,(H,24,26). The predicted octanol–water partition coefficient (Wildman–Crippen LogP) is 4.42. The number of hydrogen-bond acceptors (Lipinski definition) is 3. The first-order valence-corrected chi connectivity index (χ1v) is 9.82. The average molecular weight is 367 g/mol. The van der Waals surface area contributed by atoms with E-state index in [4.69, 9.17) is 4.74 Å². The number of amides is 1. The van der Waals surface area contributed by atoms with Gasteiger partial charge in [-0.05, 0) is 62.5 Å². The van der Waals surface area contributed by atoms with Gasteiger partial charge in [-0.15, -0.1) is 0 Å². The Bertz CT molecular complexity index is 749. The molecule has 1 saturated heterocycles. The molecule has 2 aromatic rings. The quantitative estimate of drug-likeness (QED) is 0.823. The fourth-order valence-corrected chi connectivity index (χ4v) is 3.62. The third-order valence-corrected chi connectivity index (χ3v) is 5.45. The topological polar surface area (TPSA) is 41.6 Å². The van der Waals surface area contributed by atoms with Gasteiger partial charge >= 0.3 is 0 Å². The van der Waals surface area contributed by atoms with E-state index in [0.29, 0.717) is 5.56 Å². The molecule has 27 heavy (non-hydrogen) atoms. The van der Waals surface area contributed by atoms with Gasteiger partial charge in [-0.1, -0.05) is 37.3 Å². The second-order valence-electron chi connectivity index (χ2n) is 7.59. The summed E-state index contributed by atoms with van der Waals surface area (Å²) in [5, 5.41) is 3.06. The Morgan fingerprint density at radius 2 is 1.81 bits per heavy atom. The van der Waals surface area contributed by atoms with Gasteiger partial charge in [0.2, 0.25) is 0 Å². The smallest absolute Gasteiger partial charge is 0.251 e. The Morgan fingerprint density at radius 3 is 2.48 bits per heavy atom. The summed E-state index contributed by atoms with van der Waals surface area (Å²) >= 11 is 0. The van der Waals surface area contributed by atoms with E-state index in [1.54, 1.807) is 7.11 Å². The third-order valence-electron chi connectivity index (χ3n) is 5.45. The van der Waals surface area contributed by atoms with Gasteiger partial charge in [-0.3, -0.25) is 9.69 Å². The van der Waals surface area contributed by atoms with E-state index in [0.717, 1.165) is 23.8 Å². The van der Waals surface area contributed by atoms with Gasteiger partial charge in [0.25, 0.3) is 5.91 Å². The van der Waals surface area contributed by atoms with E-state index in [2.05, 4.69) is 29.3 Å². The molecule has 1 amide bonds. The molecular formula is C23H30N2O2. The van der Waals surface area contributed by atoms with Crippen LogP contribution >= 0.6 is 0 Å². The van der Waals surface area contributed by atoms with E-state index < -0.39 is 0 Å². The molecule has 1 fully saturated rings. The first kappa shape index (κ1) is 19.4. The summed E-state index contributed by atoms with van der Waals surface area (Å²) in [6.07, 6.45) is 2.56. The molecule has 1 unspecified atom stereocenters. The molecule has 3 rings (SSSR count). The van der Waals surface area contributed by atoms with Crippen LogP contribution in [0.3, 0.4) is 0 Å². The zero-order chi connectivity index (χ0) is 19.2. The van der Waals surface area contributed by atoms with E-state index >= 15 is 0 Å². The highest BCUT2D eigenvalue weighted by atomic mass is 16.5. The highest BCUT2D eigenvalue weighted by Crippen LogP contribution is 2.24. The molecular weight excluding hydrogens is 336 g/mol. The molecule has 0 saturated carbocycles. The van der Waals surface area contributed by atoms with Gasteiger partial charge in [0.05, 0.1) is 13.2 Å². The molecule has 1 aliphatic rings. The Balaban J connectivity index is 1.58. The lowest BCUT2D eigenvalue weighted by Gasteiger charge is -2.30. The van der Waals surface area contributed by atoms with Gasteiger partial charge in [0.1, 0.15) is 5.75 Å². The number of nitrogens with zero attached hydrogens (tertiary/aromatic N) is 1. The molecule has 1 aliphatic heterocycles. The number of hydrogen-bond donors (Lipinski definition) is 1. The normalized spacial score (nSPS) is 16.7. The lowest BCUT2D eigenvalue weighted by molar-refractivity contribution is 0.0939. The van der Waals surface area contributed by atoms with Gasteiger partial charge in [0, 0.05) is 17.7 Å². The highest BCUT2D eigenvalue weighted by molar-refractivity contribution is 5.94. The molecule has 2 aromatic carbocycles. The second-order valence-corrected chi connectivity index (χ2v) is 7.59. The Hall–Kier alpha value is -2.33. The average Bonchev–Trinajstić information content (AvgIpc) is 2.70. The van der Waals surface area contributed by atoms with Crippen LogP contribution in [-0.2, 0) is 6.54 Å².